The van der Waals surface area contributed by atoms with Crippen LogP contribution in [0.15, 0.2) is 41.7 Å². The SMILES string of the molecule is Cc1cc(F)ccc1S(=O)(=O)N1CCCC(c2cnccn2)C1. The van der Waals surface area contributed by atoms with Gasteiger partial charge in [-0.3, -0.25) is 9.97 Å². The zero-order valence-corrected chi connectivity index (χ0v) is 13.6. The molecule has 2 aromatic rings. The molecule has 1 aliphatic rings. The largest absolute Gasteiger partial charge is 0.261 e. The Balaban J connectivity index is 1.88. The summed E-state index contributed by atoms with van der Waals surface area (Å²) in [7, 11) is -3.63. The van der Waals surface area contributed by atoms with E-state index >= 15 is 0 Å². The second-order valence-corrected chi connectivity index (χ2v) is 7.65. The van der Waals surface area contributed by atoms with Crippen LogP contribution >= 0.6 is 0 Å². The molecule has 0 amide bonds. The maximum Gasteiger partial charge on any atom is 0.243 e. The van der Waals surface area contributed by atoms with E-state index < -0.39 is 15.8 Å². The normalized spacial score (nSPS) is 19.7. The average Bonchev–Trinajstić information content (AvgIpc) is 2.55. The van der Waals surface area contributed by atoms with E-state index in [1.165, 1.54) is 22.5 Å². The highest BCUT2D eigenvalue weighted by atomic mass is 32.2. The monoisotopic (exact) mass is 335 g/mol. The van der Waals surface area contributed by atoms with Crippen LogP contribution in [0.4, 0.5) is 4.39 Å². The molecule has 1 saturated heterocycles. The summed E-state index contributed by atoms with van der Waals surface area (Å²) in [6.45, 7) is 2.45. The number of nitrogens with zero attached hydrogens (tertiary/aromatic N) is 3. The van der Waals surface area contributed by atoms with Crippen molar-refractivity contribution in [3.63, 3.8) is 0 Å². The van der Waals surface area contributed by atoms with E-state index in [2.05, 4.69) is 9.97 Å². The molecule has 0 radical (unpaired) electrons. The standard InChI is InChI=1S/C16H18FN3O2S/c1-12-9-14(17)4-5-16(12)23(21,22)20-8-2-3-13(11-20)15-10-18-6-7-19-15/h4-7,9-10,13H,2-3,8,11H2,1H3. The van der Waals surface area contributed by atoms with Gasteiger partial charge in [0.2, 0.25) is 10.0 Å². The van der Waals surface area contributed by atoms with Crippen molar-refractivity contribution in [1.29, 1.82) is 0 Å². The van der Waals surface area contributed by atoms with E-state index in [1.807, 2.05) is 0 Å². The Morgan fingerprint density at radius 2 is 2.13 bits per heavy atom. The van der Waals surface area contributed by atoms with Gasteiger partial charge in [0, 0.05) is 37.6 Å². The smallest absolute Gasteiger partial charge is 0.243 e. The molecule has 1 aromatic carbocycles. The number of hydrogen-bond donors (Lipinski definition) is 0. The number of halogens is 1. The molecule has 1 aliphatic heterocycles. The van der Waals surface area contributed by atoms with Crippen LogP contribution in [-0.4, -0.2) is 35.8 Å². The topological polar surface area (TPSA) is 63.2 Å². The molecule has 3 rings (SSSR count). The summed E-state index contributed by atoms with van der Waals surface area (Å²) in [5, 5.41) is 0. The van der Waals surface area contributed by atoms with Gasteiger partial charge in [0.15, 0.2) is 0 Å². The summed E-state index contributed by atoms with van der Waals surface area (Å²) in [5.74, 6) is -0.398. The number of benzene rings is 1. The lowest BCUT2D eigenvalue weighted by Crippen LogP contribution is -2.39. The van der Waals surface area contributed by atoms with Gasteiger partial charge in [-0.25, -0.2) is 12.8 Å². The van der Waals surface area contributed by atoms with Crippen LogP contribution in [0, 0.1) is 12.7 Å². The highest BCUT2D eigenvalue weighted by Gasteiger charge is 2.32. The lowest BCUT2D eigenvalue weighted by molar-refractivity contribution is 0.312. The van der Waals surface area contributed by atoms with Gasteiger partial charge in [0.1, 0.15) is 5.82 Å². The maximum absolute atomic E-state index is 13.2. The molecule has 0 bridgehead atoms. The van der Waals surface area contributed by atoms with Crippen LogP contribution in [0.25, 0.3) is 0 Å². The van der Waals surface area contributed by atoms with Gasteiger partial charge in [0.25, 0.3) is 0 Å². The van der Waals surface area contributed by atoms with Crippen LogP contribution in [0.2, 0.25) is 0 Å². The Bertz CT molecular complexity index is 796. The molecule has 1 atom stereocenters. The molecule has 0 saturated carbocycles. The van der Waals surface area contributed by atoms with Gasteiger partial charge in [-0.15, -0.1) is 0 Å². The maximum atomic E-state index is 13.2. The van der Waals surface area contributed by atoms with Crippen LogP contribution in [0.5, 0.6) is 0 Å². The van der Waals surface area contributed by atoms with Crippen molar-refractivity contribution in [3.8, 4) is 0 Å². The fourth-order valence-corrected chi connectivity index (χ4v) is 4.69. The molecule has 2 heterocycles. The molecule has 1 fully saturated rings. The molecule has 122 valence electrons. The quantitative estimate of drug-likeness (QED) is 0.864. The predicted octanol–water partition coefficient (Wildman–Crippen LogP) is 2.49. The van der Waals surface area contributed by atoms with E-state index in [-0.39, 0.29) is 10.8 Å². The fourth-order valence-electron chi connectivity index (χ4n) is 2.96. The van der Waals surface area contributed by atoms with Crippen molar-refractivity contribution < 1.29 is 12.8 Å². The highest BCUT2D eigenvalue weighted by Crippen LogP contribution is 2.30. The average molecular weight is 335 g/mol. The first-order valence-electron chi connectivity index (χ1n) is 7.50. The number of aromatic nitrogens is 2. The molecule has 0 spiro atoms. The van der Waals surface area contributed by atoms with Crippen molar-refractivity contribution in [2.24, 2.45) is 0 Å². The summed E-state index contributed by atoms with van der Waals surface area (Å²) < 4.78 is 40.4. The van der Waals surface area contributed by atoms with Gasteiger partial charge < -0.3 is 0 Å². The van der Waals surface area contributed by atoms with Crippen molar-refractivity contribution in [1.82, 2.24) is 14.3 Å². The molecule has 0 N–H and O–H groups in total. The van der Waals surface area contributed by atoms with Crippen molar-refractivity contribution in [2.75, 3.05) is 13.1 Å². The zero-order valence-electron chi connectivity index (χ0n) is 12.8. The minimum absolute atomic E-state index is 0.0352. The summed E-state index contributed by atoms with van der Waals surface area (Å²) >= 11 is 0. The molecule has 23 heavy (non-hydrogen) atoms. The van der Waals surface area contributed by atoms with Crippen LogP contribution in [-0.2, 0) is 10.0 Å². The summed E-state index contributed by atoms with van der Waals surface area (Å²) in [5.41, 5.74) is 1.23. The number of aryl methyl sites for hydroxylation is 1. The Labute approximate surface area is 135 Å². The summed E-state index contributed by atoms with van der Waals surface area (Å²) in [6, 6.07) is 3.77. The third-order valence-corrected chi connectivity index (χ3v) is 6.17. The molecule has 5 nitrogen and oxygen atoms in total. The Kier molecular flexibility index (Phi) is 4.41. The number of rotatable bonds is 3. The van der Waals surface area contributed by atoms with Gasteiger partial charge in [0.05, 0.1) is 10.6 Å². The Hall–Kier alpha value is -1.86. The first-order valence-corrected chi connectivity index (χ1v) is 8.94. The van der Waals surface area contributed by atoms with Crippen LogP contribution < -0.4 is 0 Å². The number of hydrogen-bond acceptors (Lipinski definition) is 4. The van der Waals surface area contributed by atoms with Gasteiger partial charge in [-0.1, -0.05) is 0 Å². The molecule has 7 heteroatoms. The molecule has 1 unspecified atom stereocenters. The third kappa shape index (κ3) is 3.25. The van der Waals surface area contributed by atoms with Crippen LogP contribution in [0.1, 0.15) is 30.0 Å². The van der Waals surface area contributed by atoms with E-state index in [0.29, 0.717) is 18.7 Å². The van der Waals surface area contributed by atoms with Crippen molar-refractivity contribution >= 4 is 10.0 Å². The minimum atomic E-state index is -3.63. The second kappa shape index (κ2) is 6.33. The first-order chi connectivity index (χ1) is 11.0. The zero-order chi connectivity index (χ0) is 16.4. The number of sulfonamides is 1. The molecule has 1 aromatic heterocycles. The first kappa shape index (κ1) is 16.0. The van der Waals surface area contributed by atoms with Gasteiger partial charge >= 0.3 is 0 Å². The molecular weight excluding hydrogens is 317 g/mol. The number of piperidine rings is 1. The van der Waals surface area contributed by atoms with E-state index in [1.54, 1.807) is 25.5 Å². The van der Waals surface area contributed by atoms with Gasteiger partial charge in [-0.2, -0.15) is 4.31 Å². The minimum Gasteiger partial charge on any atom is -0.261 e. The molecule has 0 aliphatic carbocycles. The Morgan fingerprint density at radius 3 is 2.83 bits per heavy atom. The van der Waals surface area contributed by atoms with E-state index in [0.717, 1.165) is 18.5 Å². The lowest BCUT2D eigenvalue weighted by Gasteiger charge is -2.31. The van der Waals surface area contributed by atoms with E-state index in [9.17, 15) is 12.8 Å². The molecular formula is C16H18FN3O2S. The predicted molar refractivity (Wildman–Crippen MR) is 83.9 cm³/mol. The van der Waals surface area contributed by atoms with E-state index in [4.69, 9.17) is 0 Å². The van der Waals surface area contributed by atoms with Gasteiger partial charge in [-0.05, 0) is 43.5 Å². The summed E-state index contributed by atoms with van der Waals surface area (Å²) in [4.78, 5) is 8.51. The fraction of sp³-hybridized carbons (Fsp3) is 0.375. The summed E-state index contributed by atoms with van der Waals surface area (Å²) in [6.07, 6.45) is 6.55. The lowest BCUT2D eigenvalue weighted by atomic mass is 9.96. The van der Waals surface area contributed by atoms with Crippen LogP contribution in [0.3, 0.4) is 0 Å². The van der Waals surface area contributed by atoms with Crippen molar-refractivity contribution in [3.05, 3.63) is 53.9 Å². The Morgan fingerprint density at radius 1 is 1.30 bits per heavy atom. The second-order valence-electron chi connectivity index (χ2n) is 5.74. The highest BCUT2D eigenvalue weighted by molar-refractivity contribution is 7.89. The van der Waals surface area contributed by atoms with Crippen molar-refractivity contribution in [2.45, 2.75) is 30.6 Å². The third-order valence-electron chi connectivity index (χ3n) is 4.14.